The van der Waals surface area contributed by atoms with E-state index in [9.17, 15) is 22.4 Å². The van der Waals surface area contributed by atoms with E-state index in [1.165, 1.54) is 6.07 Å². The lowest BCUT2D eigenvalue weighted by molar-refractivity contribution is -0.139. The van der Waals surface area contributed by atoms with E-state index < -0.39 is 17.6 Å². The SMILES string of the molecule is COc1ccc(C(=O)NC2CCC(N(C)c3ccc(F)c(C(F)(F)F)c3)CC2)cc1. The van der Waals surface area contributed by atoms with Crippen molar-refractivity contribution in [1.82, 2.24) is 5.32 Å². The van der Waals surface area contributed by atoms with E-state index in [2.05, 4.69) is 5.32 Å². The van der Waals surface area contributed by atoms with Gasteiger partial charge in [0, 0.05) is 30.4 Å². The highest BCUT2D eigenvalue weighted by Gasteiger charge is 2.35. The van der Waals surface area contributed by atoms with Gasteiger partial charge in [-0.1, -0.05) is 0 Å². The van der Waals surface area contributed by atoms with Crippen molar-refractivity contribution in [3.05, 3.63) is 59.4 Å². The quantitative estimate of drug-likeness (QED) is 0.685. The van der Waals surface area contributed by atoms with Crippen molar-refractivity contribution in [2.75, 3.05) is 19.1 Å². The summed E-state index contributed by atoms with van der Waals surface area (Å²) in [7, 11) is 3.27. The van der Waals surface area contributed by atoms with Crippen LogP contribution >= 0.6 is 0 Å². The second-order valence-corrected chi connectivity index (χ2v) is 7.48. The van der Waals surface area contributed by atoms with Crippen molar-refractivity contribution in [3.8, 4) is 5.75 Å². The molecule has 0 aromatic heterocycles. The Morgan fingerprint density at radius 3 is 2.27 bits per heavy atom. The molecule has 0 bridgehead atoms. The van der Waals surface area contributed by atoms with Gasteiger partial charge < -0.3 is 15.0 Å². The summed E-state index contributed by atoms with van der Waals surface area (Å²) >= 11 is 0. The monoisotopic (exact) mass is 424 g/mol. The zero-order valence-electron chi connectivity index (χ0n) is 16.8. The third-order valence-electron chi connectivity index (χ3n) is 5.59. The Morgan fingerprint density at radius 2 is 1.70 bits per heavy atom. The average molecular weight is 424 g/mol. The number of hydrogen-bond donors (Lipinski definition) is 1. The molecule has 0 spiro atoms. The van der Waals surface area contributed by atoms with Gasteiger partial charge in [0.25, 0.3) is 5.91 Å². The summed E-state index contributed by atoms with van der Waals surface area (Å²) in [5.41, 5.74) is -0.386. The molecule has 0 atom stereocenters. The largest absolute Gasteiger partial charge is 0.497 e. The Labute approximate surface area is 172 Å². The van der Waals surface area contributed by atoms with E-state index in [1.54, 1.807) is 43.3 Å². The van der Waals surface area contributed by atoms with Crippen molar-refractivity contribution in [3.63, 3.8) is 0 Å². The van der Waals surface area contributed by atoms with Crippen LogP contribution < -0.4 is 15.0 Å². The second-order valence-electron chi connectivity index (χ2n) is 7.48. The van der Waals surface area contributed by atoms with E-state index in [4.69, 9.17) is 4.74 Å². The lowest BCUT2D eigenvalue weighted by Crippen LogP contribution is -2.43. The molecule has 1 aliphatic carbocycles. The lowest BCUT2D eigenvalue weighted by Gasteiger charge is -2.36. The standard InChI is InChI=1S/C22H24F4N2O2/c1-28(17-9-12-20(23)19(13-17)22(24,25)26)16-7-5-15(6-8-16)27-21(29)14-3-10-18(30-2)11-4-14/h3-4,9-13,15-16H,5-8H2,1-2H3,(H,27,29). The van der Waals surface area contributed by atoms with Crippen molar-refractivity contribution >= 4 is 11.6 Å². The maximum absolute atomic E-state index is 13.5. The van der Waals surface area contributed by atoms with Gasteiger partial charge in [0.15, 0.2) is 0 Å². The lowest BCUT2D eigenvalue weighted by atomic mass is 9.89. The van der Waals surface area contributed by atoms with Gasteiger partial charge in [-0.15, -0.1) is 0 Å². The predicted octanol–water partition coefficient (Wildman–Crippen LogP) is 5.03. The second kappa shape index (κ2) is 8.93. The number of nitrogens with zero attached hydrogens (tertiary/aromatic N) is 1. The van der Waals surface area contributed by atoms with Crippen molar-refractivity contribution in [1.29, 1.82) is 0 Å². The first kappa shape index (κ1) is 21.9. The van der Waals surface area contributed by atoms with Crippen LogP contribution in [0.25, 0.3) is 0 Å². The number of amides is 1. The minimum Gasteiger partial charge on any atom is -0.497 e. The molecule has 1 aliphatic rings. The van der Waals surface area contributed by atoms with Gasteiger partial charge >= 0.3 is 6.18 Å². The molecule has 1 amide bonds. The first-order valence-electron chi connectivity index (χ1n) is 9.73. The van der Waals surface area contributed by atoms with Gasteiger partial charge in [0.1, 0.15) is 11.6 Å². The number of carbonyl (C=O) groups is 1. The van der Waals surface area contributed by atoms with Crippen molar-refractivity contribution in [2.45, 2.75) is 43.9 Å². The third kappa shape index (κ3) is 5.04. The first-order chi connectivity index (χ1) is 14.2. The third-order valence-corrected chi connectivity index (χ3v) is 5.59. The number of halogens is 4. The molecule has 1 N–H and O–H groups in total. The van der Waals surface area contributed by atoms with Gasteiger partial charge in [-0.2, -0.15) is 13.2 Å². The van der Waals surface area contributed by atoms with E-state index in [1.807, 2.05) is 0 Å². The van der Waals surface area contributed by atoms with Crippen LogP contribution in [-0.2, 0) is 6.18 Å². The zero-order valence-corrected chi connectivity index (χ0v) is 16.8. The summed E-state index contributed by atoms with van der Waals surface area (Å²) in [6.07, 6.45) is -1.88. The van der Waals surface area contributed by atoms with Gasteiger partial charge in [-0.25, -0.2) is 4.39 Å². The minimum atomic E-state index is -4.73. The number of methoxy groups -OCH3 is 1. The summed E-state index contributed by atoms with van der Waals surface area (Å²) < 4.78 is 57.6. The maximum Gasteiger partial charge on any atom is 0.419 e. The molecule has 162 valence electrons. The highest BCUT2D eigenvalue weighted by molar-refractivity contribution is 5.94. The maximum atomic E-state index is 13.5. The molecule has 8 heteroatoms. The number of ether oxygens (including phenoxy) is 1. The predicted molar refractivity (Wildman–Crippen MR) is 106 cm³/mol. The van der Waals surface area contributed by atoms with E-state index in [0.29, 0.717) is 42.7 Å². The van der Waals surface area contributed by atoms with Gasteiger partial charge in [0.2, 0.25) is 0 Å². The fraction of sp³-hybridized carbons (Fsp3) is 0.409. The topological polar surface area (TPSA) is 41.6 Å². The van der Waals surface area contributed by atoms with Crippen LogP contribution in [0.5, 0.6) is 5.75 Å². The summed E-state index contributed by atoms with van der Waals surface area (Å²) in [6.45, 7) is 0. The van der Waals surface area contributed by atoms with Gasteiger partial charge in [-0.3, -0.25) is 4.79 Å². The van der Waals surface area contributed by atoms with Crippen LogP contribution in [0.4, 0.5) is 23.2 Å². The molecule has 4 nitrogen and oxygen atoms in total. The van der Waals surface area contributed by atoms with Crippen LogP contribution in [0.1, 0.15) is 41.6 Å². The van der Waals surface area contributed by atoms with Crippen LogP contribution in [0.15, 0.2) is 42.5 Å². The summed E-state index contributed by atoms with van der Waals surface area (Å²) in [5, 5.41) is 3.01. The molecule has 1 fully saturated rings. The smallest absolute Gasteiger partial charge is 0.419 e. The normalized spacial score (nSPS) is 19.3. The number of carbonyl (C=O) groups excluding carboxylic acids is 1. The molecule has 0 aliphatic heterocycles. The Hall–Kier alpha value is -2.77. The highest BCUT2D eigenvalue weighted by atomic mass is 19.4. The van der Waals surface area contributed by atoms with E-state index in [0.717, 1.165) is 12.1 Å². The van der Waals surface area contributed by atoms with Crippen LogP contribution in [-0.4, -0.2) is 32.1 Å². The zero-order chi connectivity index (χ0) is 21.9. The van der Waals surface area contributed by atoms with Crippen molar-refractivity contribution < 1.29 is 27.1 Å². The molecule has 0 unspecified atom stereocenters. The molecule has 30 heavy (non-hydrogen) atoms. The number of anilines is 1. The number of benzene rings is 2. The van der Waals surface area contributed by atoms with Crippen LogP contribution in [0.2, 0.25) is 0 Å². The molecular weight excluding hydrogens is 400 g/mol. The van der Waals surface area contributed by atoms with Gasteiger partial charge in [-0.05, 0) is 68.1 Å². The molecule has 0 heterocycles. The molecule has 2 aromatic carbocycles. The number of alkyl halides is 3. The summed E-state index contributed by atoms with van der Waals surface area (Å²) in [4.78, 5) is 14.2. The Morgan fingerprint density at radius 1 is 1.07 bits per heavy atom. The van der Waals surface area contributed by atoms with Crippen LogP contribution in [0.3, 0.4) is 0 Å². The molecule has 2 aromatic rings. The Balaban J connectivity index is 1.58. The fourth-order valence-corrected chi connectivity index (χ4v) is 3.78. The first-order valence-corrected chi connectivity index (χ1v) is 9.73. The molecule has 3 rings (SSSR count). The highest BCUT2D eigenvalue weighted by Crippen LogP contribution is 2.35. The number of hydrogen-bond acceptors (Lipinski definition) is 3. The van der Waals surface area contributed by atoms with Gasteiger partial charge in [0.05, 0.1) is 12.7 Å². The minimum absolute atomic E-state index is 0.00297. The van der Waals surface area contributed by atoms with E-state index >= 15 is 0 Å². The van der Waals surface area contributed by atoms with Crippen LogP contribution in [0, 0.1) is 5.82 Å². The summed E-state index contributed by atoms with van der Waals surface area (Å²) in [6, 6.07) is 9.93. The molecule has 0 saturated heterocycles. The Bertz CT molecular complexity index is 876. The van der Waals surface area contributed by atoms with E-state index in [-0.39, 0.29) is 18.0 Å². The average Bonchev–Trinajstić information content (AvgIpc) is 2.73. The summed E-state index contributed by atoms with van der Waals surface area (Å²) in [5.74, 6) is -0.767. The molecule has 1 saturated carbocycles. The molecular formula is C22H24F4N2O2. The number of rotatable bonds is 5. The molecule has 0 radical (unpaired) electrons. The van der Waals surface area contributed by atoms with Crippen molar-refractivity contribution in [2.24, 2.45) is 0 Å². The Kier molecular flexibility index (Phi) is 6.53. The fourth-order valence-electron chi connectivity index (χ4n) is 3.78. The number of nitrogens with one attached hydrogen (secondary N) is 1.